The highest BCUT2D eigenvalue weighted by Crippen LogP contribution is 2.39. The molecule has 9 rings (SSSR count). The largest absolute Gasteiger partial charge is 0.358 e. The van der Waals surface area contributed by atoms with Crippen LogP contribution in [0.1, 0.15) is 84.2 Å². The van der Waals surface area contributed by atoms with E-state index < -0.39 is 0 Å². The summed E-state index contributed by atoms with van der Waals surface area (Å²) in [5, 5.41) is 7.09. The van der Waals surface area contributed by atoms with E-state index in [0.29, 0.717) is 0 Å². The number of hydrogen-bond acceptors (Lipinski definition) is 2. The van der Waals surface area contributed by atoms with E-state index in [0.717, 1.165) is 39.9 Å². The summed E-state index contributed by atoms with van der Waals surface area (Å²) in [5.74, 6) is 0. The van der Waals surface area contributed by atoms with Gasteiger partial charge in [-0.25, -0.2) is 4.99 Å². The normalized spacial score (nSPS) is 18.8. The maximum Gasteiger partial charge on any atom is 0.0817 e. The third kappa shape index (κ3) is 4.28. The lowest BCUT2D eigenvalue weighted by Crippen LogP contribution is -2.14. The smallest absolute Gasteiger partial charge is 0.0817 e. The lowest BCUT2D eigenvalue weighted by Gasteiger charge is -2.12. The predicted molar refractivity (Wildman–Crippen MR) is 203 cm³/mol. The van der Waals surface area contributed by atoms with Crippen LogP contribution in [0, 0.1) is 55.4 Å². The van der Waals surface area contributed by atoms with Crippen LogP contribution in [0.2, 0.25) is 0 Å². The molecule has 236 valence electrons. The van der Waals surface area contributed by atoms with Gasteiger partial charge in [0.15, 0.2) is 0 Å². The first-order valence-electron chi connectivity index (χ1n) is 17.1. The minimum absolute atomic E-state index is 0.0149. The van der Waals surface area contributed by atoms with Gasteiger partial charge in [-0.1, -0.05) is 6.07 Å². The molecular weight excluding hydrogens is 585 g/mol. The van der Waals surface area contributed by atoms with Crippen molar-refractivity contribution in [3.05, 3.63) is 137 Å². The van der Waals surface area contributed by atoms with Crippen molar-refractivity contribution in [1.82, 2.24) is 9.97 Å². The molecule has 8 bridgehead atoms. The second-order valence-electron chi connectivity index (χ2n) is 14.5. The van der Waals surface area contributed by atoms with Gasteiger partial charge in [-0.15, -0.1) is 0 Å². The van der Waals surface area contributed by atoms with Gasteiger partial charge in [0.2, 0.25) is 0 Å². The van der Waals surface area contributed by atoms with Crippen LogP contribution < -0.4 is 10.7 Å². The van der Waals surface area contributed by atoms with Crippen LogP contribution in [-0.4, -0.2) is 21.4 Å². The molecule has 4 heteroatoms. The summed E-state index contributed by atoms with van der Waals surface area (Å²) in [6, 6.07) is 18.7. The number of rotatable bonds is 0. The highest BCUT2D eigenvalue weighted by atomic mass is 14.9. The van der Waals surface area contributed by atoms with Crippen molar-refractivity contribution in [2.24, 2.45) is 9.98 Å². The van der Waals surface area contributed by atoms with Crippen molar-refractivity contribution in [3.8, 4) is 0 Å². The monoisotopic (exact) mass is 624 g/mol. The standard InChI is InChI=1S/C44H40N4/c1-21-9-29-30(10-22(21)2)38-18-40-33-13-25(5)26(6)14-34(33)42(47-40)20-44-36-16-28(8)27(7)15-35(36)43(48-44)19-41-32-12-24(4)23(3)11-31(32)39(46-41)17-37(29)45-38/h9-19,42,45,48H,20H2,1-8H3/b37-17-,38-18-,41-19-. The van der Waals surface area contributed by atoms with E-state index in [2.05, 4.69) is 132 Å². The van der Waals surface area contributed by atoms with Gasteiger partial charge in [0.25, 0.3) is 0 Å². The molecule has 0 spiro atoms. The van der Waals surface area contributed by atoms with Gasteiger partial charge in [0.1, 0.15) is 0 Å². The van der Waals surface area contributed by atoms with Crippen LogP contribution in [0.3, 0.4) is 0 Å². The van der Waals surface area contributed by atoms with E-state index in [1.54, 1.807) is 0 Å². The van der Waals surface area contributed by atoms with Crippen LogP contribution >= 0.6 is 0 Å². The Hall–Kier alpha value is -5.22. The third-order valence-corrected chi connectivity index (χ3v) is 11.3. The average Bonchev–Trinajstić information content (AvgIpc) is 3.74. The molecular formula is C44H40N4. The summed E-state index contributed by atoms with van der Waals surface area (Å²) in [6.45, 7) is 17.6. The number of aromatic amines is 2. The van der Waals surface area contributed by atoms with Crippen LogP contribution in [0.4, 0.5) is 0 Å². The summed E-state index contributed by atoms with van der Waals surface area (Å²) in [6.07, 6.45) is 7.59. The molecule has 1 unspecified atom stereocenters. The number of fused-ring (bicyclic) bond motifs is 18. The van der Waals surface area contributed by atoms with Crippen molar-refractivity contribution in [2.75, 3.05) is 0 Å². The Kier molecular flexibility index (Phi) is 6.12. The number of aromatic nitrogens is 2. The van der Waals surface area contributed by atoms with E-state index in [1.165, 1.54) is 94.0 Å². The van der Waals surface area contributed by atoms with Crippen LogP contribution in [-0.2, 0) is 6.42 Å². The van der Waals surface area contributed by atoms with Gasteiger partial charge in [-0.05, 0) is 166 Å². The van der Waals surface area contributed by atoms with E-state index >= 15 is 0 Å². The molecule has 0 saturated carbocycles. The first-order valence-corrected chi connectivity index (χ1v) is 17.1. The topological polar surface area (TPSA) is 56.3 Å². The highest BCUT2D eigenvalue weighted by Gasteiger charge is 2.28. The highest BCUT2D eigenvalue weighted by molar-refractivity contribution is 6.28. The summed E-state index contributed by atoms with van der Waals surface area (Å²) in [4.78, 5) is 18.6. The van der Waals surface area contributed by atoms with Gasteiger partial charge in [0.05, 0.1) is 23.2 Å². The molecule has 0 amide bonds. The summed E-state index contributed by atoms with van der Waals surface area (Å²) < 4.78 is 0. The van der Waals surface area contributed by atoms with Crippen molar-refractivity contribution < 1.29 is 0 Å². The molecule has 0 fully saturated rings. The second-order valence-corrected chi connectivity index (χ2v) is 14.5. The van der Waals surface area contributed by atoms with Gasteiger partial charge in [-0.2, -0.15) is 0 Å². The molecule has 0 aliphatic carbocycles. The molecule has 4 aromatic carbocycles. The molecule has 1 atom stereocenters. The molecule has 6 aromatic rings. The minimum atomic E-state index is 0.0149. The van der Waals surface area contributed by atoms with Gasteiger partial charge < -0.3 is 9.97 Å². The lowest BCUT2D eigenvalue weighted by molar-refractivity contribution is 0.730. The fraction of sp³-hybridized carbons (Fsp3) is 0.227. The zero-order chi connectivity index (χ0) is 33.2. The van der Waals surface area contributed by atoms with E-state index in [4.69, 9.17) is 9.98 Å². The number of nitrogens with one attached hydrogen (secondary N) is 2. The third-order valence-electron chi connectivity index (χ3n) is 11.3. The lowest BCUT2D eigenvalue weighted by atomic mass is 9.93. The Labute approximate surface area is 281 Å². The molecule has 3 aliphatic heterocycles. The molecule has 0 radical (unpaired) electrons. The number of aliphatic imine (C=N–C) groups is 2. The maximum atomic E-state index is 5.49. The van der Waals surface area contributed by atoms with Crippen molar-refractivity contribution in [1.29, 1.82) is 0 Å². The Balaban J connectivity index is 1.41. The Morgan fingerprint density at radius 3 is 1.69 bits per heavy atom. The average molecular weight is 625 g/mol. The van der Waals surface area contributed by atoms with E-state index in [9.17, 15) is 0 Å². The van der Waals surface area contributed by atoms with Gasteiger partial charge >= 0.3 is 0 Å². The molecule has 5 heterocycles. The molecule has 4 nitrogen and oxygen atoms in total. The van der Waals surface area contributed by atoms with E-state index in [1.807, 2.05) is 0 Å². The Bertz CT molecular complexity index is 2670. The quantitative estimate of drug-likeness (QED) is 0.170. The van der Waals surface area contributed by atoms with Crippen molar-refractivity contribution >= 4 is 56.9 Å². The predicted octanol–water partition coefficient (Wildman–Crippen LogP) is 8.78. The number of hydrogen-bond donors (Lipinski definition) is 2. The van der Waals surface area contributed by atoms with E-state index in [-0.39, 0.29) is 6.04 Å². The molecule has 3 aliphatic rings. The summed E-state index contributed by atoms with van der Waals surface area (Å²) in [5.41, 5.74) is 20.5. The SMILES string of the molecule is Cc1cc2c(cc1C)/C1=C/c3[nH]c(c4cc(C)c(C)cc34)CC3N=C(/C=c4\[nH]/c(c5cc(C)c(C)cc45)=C\C2=N1)c1cc(C)c(C)cc13. The number of nitrogens with zero attached hydrogens (tertiary/aromatic N) is 2. The Morgan fingerprint density at radius 1 is 0.500 bits per heavy atom. The summed E-state index contributed by atoms with van der Waals surface area (Å²) >= 11 is 0. The first-order chi connectivity index (χ1) is 23.0. The molecule has 48 heavy (non-hydrogen) atoms. The van der Waals surface area contributed by atoms with Crippen LogP contribution in [0.5, 0.6) is 0 Å². The fourth-order valence-electron chi connectivity index (χ4n) is 7.86. The van der Waals surface area contributed by atoms with Crippen LogP contribution in [0.25, 0.3) is 45.5 Å². The van der Waals surface area contributed by atoms with Crippen molar-refractivity contribution in [2.45, 2.75) is 67.9 Å². The minimum Gasteiger partial charge on any atom is -0.358 e. The fourth-order valence-corrected chi connectivity index (χ4v) is 7.86. The molecule has 2 aromatic heterocycles. The zero-order valence-corrected chi connectivity index (χ0v) is 29.0. The number of aryl methyl sites for hydroxylation is 8. The number of benzene rings is 4. The Morgan fingerprint density at radius 2 is 1.02 bits per heavy atom. The van der Waals surface area contributed by atoms with Crippen molar-refractivity contribution in [3.63, 3.8) is 0 Å². The zero-order valence-electron chi connectivity index (χ0n) is 29.0. The first kappa shape index (κ1) is 29.0. The summed E-state index contributed by atoms with van der Waals surface area (Å²) in [7, 11) is 0. The second kappa shape index (κ2) is 10.1. The number of H-pyrrole nitrogens is 2. The maximum absolute atomic E-state index is 5.49. The van der Waals surface area contributed by atoms with Gasteiger partial charge in [-0.3, -0.25) is 4.99 Å². The van der Waals surface area contributed by atoms with Crippen LogP contribution in [0.15, 0.2) is 58.5 Å². The van der Waals surface area contributed by atoms with Gasteiger partial charge in [0, 0.05) is 66.7 Å². The molecule has 2 N–H and O–H groups in total. The molecule has 0 saturated heterocycles.